The number of methoxy groups -OCH3 is 1. The van der Waals surface area contributed by atoms with Crippen LogP contribution in [-0.2, 0) is 6.54 Å². The molecule has 0 spiro atoms. The standard InChI is InChI=1S/C18H23N3O3/c1-9-7-19-14(10(2)17(9)24-6)8-20-18(23)16-11(3)15(13(5)22)12(4)21-16/h7,21H,8H2,1-6H3,(H,20,23). The molecule has 0 unspecified atom stereocenters. The molecule has 0 aromatic carbocycles. The van der Waals surface area contributed by atoms with E-state index in [1.54, 1.807) is 27.2 Å². The molecule has 24 heavy (non-hydrogen) atoms. The number of nitrogens with one attached hydrogen (secondary N) is 2. The zero-order valence-corrected chi connectivity index (χ0v) is 15.0. The van der Waals surface area contributed by atoms with Crippen LogP contribution in [0.2, 0.25) is 0 Å². The van der Waals surface area contributed by atoms with E-state index in [0.29, 0.717) is 22.5 Å². The number of carbonyl (C=O) groups is 2. The Labute approximate surface area is 141 Å². The van der Waals surface area contributed by atoms with E-state index in [1.807, 2.05) is 13.8 Å². The number of hydrogen-bond donors (Lipinski definition) is 2. The number of carbonyl (C=O) groups excluding carboxylic acids is 2. The van der Waals surface area contributed by atoms with Crippen molar-refractivity contribution in [3.8, 4) is 5.75 Å². The minimum Gasteiger partial charge on any atom is -0.496 e. The summed E-state index contributed by atoms with van der Waals surface area (Å²) in [5.41, 5.74) is 4.97. The Hall–Kier alpha value is -2.63. The number of pyridine rings is 1. The van der Waals surface area contributed by atoms with E-state index in [-0.39, 0.29) is 18.2 Å². The third-order valence-electron chi connectivity index (χ3n) is 4.18. The van der Waals surface area contributed by atoms with Crippen LogP contribution in [0.5, 0.6) is 5.75 Å². The molecular formula is C18H23N3O3. The van der Waals surface area contributed by atoms with Crippen LogP contribution in [0.3, 0.4) is 0 Å². The normalized spacial score (nSPS) is 10.6. The van der Waals surface area contributed by atoms with Crippen molar-refractivity contribution in [2.24, 2.45) is 0 Å². The van der Waals surface area contributed by atoms with Gasteiger partial charge in [-0.1, -0.05) is 0 Å². The number of amides is 1. The molecule has 6 heteroatoms. The summed E-state index contributed by atoms with van der Waals surface area (Å²) in [6, 6.07) is 0. The molecule has 128 valence electrons. The van der Waals surface area contributed by atoms with Crippen LogP contribution in [0.15, 0.2) is 6.20 Å². The fourth-order valence-corrected chi connectivity index (χ4v) is 3.01. The number of aryl methyl sites for hydroxylation is 2. The minimum atomic E-state index is -0.260. The maximum atomic E-state index is 12.4. The van der Waals surface area contributed by atoms with Crippen molar-refractivity contribution >= 4 is 11.7 Å². The molecule has 0 bridgehead atoms. The second-order valence-electron chi connectivity index (χ2n) is 5.91. The first-order valence-corrected chi connectivity index (χ1v) is 7.75. The molecule has 0 aliphatic heterocycles. The van der Waals surface area contributed by atoms with Crippen molar-refractivity contribution in [3.63, 3.8) is 0 Å². The van der Waals surface area contributed by atoms with Gasteiger partial charge in [-0.2, -0.15) is 0 Å². The largest absolute Gasteiger partial charge is 0.496 e. The van der Waals surface area contributed by atoms with Gasteiger partial charge in [-0.3, -0.25) is 14.6 Å². The average molecular weight is 329 g/mol. The van der Waals surface area contributed by atoms with Gasteiger partial charge in [0, 0.05) is 28.6 Å². The molecule has 2 rings (SSSR count). The van der Waals surface area contributed by atoms with E-state index >= 15 is 0 Å². The molecule has 1 amide bonds. The number of ether oxygens (including phenoxy) is 1. The smallest absolute Gasteiger partial charge is 0.268 e. The molecule has 2 aromatic heterocycles. The maximum Gasteiger partial charge on any atom is 0.268 e. The summed E-state index contributed by atoms with van der Waals surface area (Å²) in [5.74, 6) is 0.463. The summed E-state index contributed by atoms with van der Waals surface area (Å²) in [6.45, 7) is 9.18. The lowest BCUT2D eigenvalue weighted by atomic mass is 10.1. The molecule has 0 saturated heterocycles. The SMILES string of the molecule is COc1c(C)cnc(CNC(=O)c2[nH]c(C)c(C(C)=O)c2C)c1C. The maximum absolute atomic E-state index is 12.4. The van der Waals surface area contributed by atoms with Crippen molar-refractivity contribution in [2.45, 2.75) is 41.2 Å². The van der Waals surface area contributed by atoms with Gasteiger partial charge in [-0.25, -0.2) is 0 Å². The predicted molar refractivity (Wildman–Crippen MR) is 91.7 cm³/mol. The second kappa shape index (κ2) is 6.86. The summed E-state index contributed by atoms with van der Waals surface area (Å²) >= 11 is 0. The summed E-state index contributed by atoms with van der Waals surface area (Å²) < 4.78 is 5.38. The third kappa shape index (κ3) is 3.18. The highest BCUT2D eigenvalue weighted by Gasteiger charge is 2.20. The van der Waals surface area contributed by atoms with Crippen LogP contribution >= 0.6 is 0 Å². The Balaban J connectivity index is 2.21. The van der Waals surface area contributed by atoms with Gasteiger partial charge >= 0.3 is 0 Å². The van der Waals surface area contributed by atoms with Crippen molar-refractivity contribution in [3.05, 3.63) is 45.5 Å². The number of hydrogen-bond acceptors (Lipinski definition) is 4. The molecule has 0 aliphatic rings. The summed E-state index contributed by atoms with van der Waals surface area (Å²) in [5, 5.41) is 2.85. The lowest BCUT2D eigenvalue weighted by molar-refractivity contribution is 0.0945. The van der Waals surface area contributed by atoms with Crippen LogP contribution in [0.25, 0.3) is 0 Å². The molecule has 2 heterocycles. The van der Waals surface area contributed by atoms with E-state index in [4.69, 9.17) is 4.74 Å². The molecule has 0 saturated carbocycles. The second-order valence-corrected chi connectivity index (χ2v) is 5.91. The van der Waals surface area contributed by atoms with E-state index in [1.165, 1.54) is 6.92 Å². The van der Waals surface area contributed by atoms with Gasteiger partial charge in [0.25, 0.3) is 5.91 Å². The van der Waals surface area contributed by atoms with Crippen molar-refractivity contribution in [2.75, 3.05) is 7.11 Å². The minimum absolute atomic E-state index is 0.0546. The Bertz CT molecular complexity index is 806. The summed E-state index contributed by atoms with van der Waals surface area (Å²) in [4.78, 5) is 31.5. The zero-order chi connectivity index (χ0) is 18.0. The molecule has 2 N–H and O–H groups in total. The molecule has 0 atom stereocenters. The molecule has 2 aromatic rings. The van der Waals surface area contributed by atoms with Crippen LogP contribution in [0.1, 0.15) is 55.8 Å². The third-order valence-corrected chi connectivity index (χ3v) is 4.18. The highest BCUT2D eigenvalue weighted by atomic mass is 16.5. The number of ketones is 1. The number of aromatic nitrogens is 2. The Morgan fingerprint density at radius 2 is 1.88 bits per heavy atom. The fourth-order valence-electron chi connectivity index (χ4n) is 3.01. The van der Waals surface area contributed by atoms with E-state index in [9.17, 15) is 9.59 Å². The van der Waals surface area contributed by atoms with E-state index in [2.05, 4.69) is 15.3 Å². The topological polar surface area (TPSA) is 84.1 Å². The van der Waals surface area contributed by atoms with Crippen LogP contribution < -0.4 is 10.1 Å². The molecule has 6 nitrogen and oxygen atoms in total. The van der Waals surface area contributed by atoms with Crippen molar-refractivity contribution in [1.82, 2.24) is 15.3 Å². The van der Waals surface area contributed by atoms with Crippen LogP contribution in [-0.4, -0.2) is 28.8 Å². The van der Waals surface area contributed by atoms with Crippen LogP contribution in [0, 0.1) is 27.7 Å². The molecule has 0 fully saturated rings. The lowest BCUT2D eigenvalue weighted by Crippen LogP contribution is -2.25. The van der Waals surface area contributed by atoms with Crippen molar-refractivity contribution in [1.29, 1.82) is 0 Å². The fraction of sp³-hybridized carbons (Fsp3) is 0.389. The summed E-state index contributed by atoms with van der Waals surface area (Å²) in [7, 11) is 1.62. The first-order valence-electron chi connectivity index (χ1n) is 7.75. The van der Waals surface area contributed by atoms with Gasteiger partial charge in [0.15, 0.2) is 5.78 Å². The van der Waals surface area contributed by atoms with Gasteiger partial charge in [0.1, 0.15) is 11.4 Å². The number of aromatic amines is 1. The van der Waals surface area contributed by atoms with Gasteiger partial charge in [0.2, 0.25) is 0 Å². The first-order chi connectivity index (χ1) is 11.3. The average Bonchev–Trinajstić information content (AvgIpc) is 2.81. The highest BCUT2D eigenvalue weighted by Crippen LogP contribution is 2.24. The van der Waals surface area contributed by atoms with Gasteiger partial charge in [-0.05, 0) is 40.2 Å². The number of Topliss-reactive ketones (excluding diaryl/α,β-unsaturated/α-hetero) is 1. The quantitative estimate of drug-likeness (QED) is 0.826. The van der Waals surface area contributed by atoms with Crippen molar-refractivity contribution < 1.29 is 14.3 Å². The molecular weight excluding hydrogens is 306 g/mol. The number of nitrogens with zero attached hydrogens (tertiary/aromatic N) is 1. The highest BCUT2D eigenvalue weighted by molar-refractivity contribution is 6.02. The zero-order valence-electron chi connectivity index (χ0n) is 15.0. The Morgan fingerprint density at radius 3 is 2.42 bits per heavy atom. The monoisotopic (exact) mass is 329 g/mol. The first kappa shape index (κ1) is 17.7. The summed E-state index contributed by atoms with van der Waals surface area (Å²) in [6.07, 6.45) is 1.73. The Kier molecular flexibility index (Phi) is 5.07. The number of H-pyrrole nitrogens is 1. The van der Waals surface area contributed by atoms with E-state index in [0.717, 1.165) is 22.6 Å². The van der Waals surface area contributed by atoms with Crippen LogP contribution in [0.4, 0.5) is 0 Å². The van der Waals surface area contributed by atoms with Gasteiger partial charge in [0.05, 0.1) is 19.3 Å². The molecule has 0 aliphatic carbocycles. The molecule has 0 radical (unpaired) electrons. The Morgan fingerprint density at radius 1 is 1.21 bits per heavy atom. The number of rotatable bonds is 5. The predicted octanol–water partition coefficient (Wildman–Crippen LogP) is 2.78. The van der Waals surface area contributed by atoms with E-state index < -0.39 is 0 Å². The van der Waals surface area contributed by atoms with Gasteiger partial charge in [-0.15, -0.1) is 0 Å². The lowest BCUT2D eigenvalue weighted by Gasteiger charge is -2.12. The van der Waals surface area contributed by atoms with Gasteiger partial charge < -0.3 is 15.0 Å².